The fourth-order valence-corrected chi connectivity index (χ4v) is 5.85. The first kappa shape index (κ1) is 24.0. The van der Waals surface area contributed by atoms with Crippen molar-refractivity contribution in [1.29, 1.82) is 0 Å². The molecule has 2 aromatic rings. The summed E-state index contributed by atoms with van der Waals surface area (Å²) < 4.78 is 34.8. The van der Waals surface area contributed by atoms with Crippen molar-refractivity contribution in [2.45, 2.75) is 25.7 Å². The Balaban J connectivity index is 0.000000523. The van der Waals surface area contributed by atoms with E-state index in [-0.39, 0.29) is 49.3 Å². The van der Waals surface area contributed by atoms with E-state index >= 15 is 0 Å². The van der Waals surface area contributed by atoms with E-state index in [4.69, 9.17) is 17.5 Å². The Hall–Kier alpha value is -2.68. The second-order valence-corrected chi connectivity index (χ2v) is 10.5. The number of nitrogens with zero attached hydrogens (tertiary/aromatic N) is 2. The average Bonchev–Trinajstić information content (AvgIpc) is 3.22. The van der Waals surface area contributed by atoms with Crippen molar-refractivity contribution >= 4 is 45.4 Å². The monoisotopic (exact) mass is 572 g/mol. The molecule has 1 N–H and O–H groups in total. The van der Waals surface area contributed by atoms with Crippen molar-refractivity contribution in [3.05, 3.63) is 55.7 Å². The van der Waals surface area contributed by atoms with Gasteiger partial charge in [-0.15, -0.1) is 0 Å². The molecule has 2 saturated heterocycles. The van der Waals surface area contributed by atoms with Crippen molar-refractivity contribution in [3.63, 3.8) is 0 Å². The Morgan fingerprint density at radius 1 is 0.750 bits per heavy atom. The van der Waals surface area contributed by atoms with Crippen molar-refractivity contribution in [1.82, 2.24) is 0 Å². The molecule has 0 aliphatic carbocycles. The van der Waals surface area contributed by atoms with Crippen LogP contribution in [0, 0.1) is 7.14 Å². The quantitative estimate of drug-likeness (QED) is 0.194. The molecule has 168 valence electrons. The molecule has 32 heavy (non-hydrogen) atoms. The molecule has 2 aliphatic rings. The van der Waals surface area contributed by atoms with Gasteiger partial charge in [0.25, 0.3) is 0 Å². The van der Waals surface area contributed by atoms with E-state index in [1.165, 1.54) is 4.90 Å². The lowest BCUT2D eigenvalue weighted by molar-refractivity contribution is -0.596. The fraction of sp³-hybridized carbons (Fsp3) is 0.200. The van der Waals surface area contributed by atoms with Gasteiger partial charge < -0.3 is 4.55 Å². The molecule has 4 rings (SSSR count). The molecular formula is C20H17IN2O8S. The smallest absolute Gasteiger partial charge is 0.360 e. The van der Waals surface area contributed by atoms with Crippen LogP contribution in [0.5, 0.6) is 0 Å². The van der Waals surface area contributed by atoms with Gasteiger partial charge in [0.1, 0.15) is 5.69 Å². The second kappa shape index (κ2) is 9.85. The third-order valence-electron chi connectivity index (χ3n) is 4.48. The number of hydrogen-bond donors (Lipinski definition) is 1. The number of anilines is 2. The number of benzene rings is 2. The van der Waals surface area contributed by atoms with Crippen LogP contribution in [0.3, 0.4) is 0 Å². The summed E-state index contributed by atoms with van der Waals surface area (Å²) in [5, 5.41) is 0. The van der Waals surface area contributed by atoms with Crippen LogP contribution in [0.15, 0.2) is 48.5 Å². The number of rotatable bonds is 4. The number of hydrogen-bond acceptors (Lipinski definition) is 7. The molecule has 2 aromatic carbocycles. The van der Waals surface area contributed by atoms with Crippen molar-refractivity contribution in [2.75, 3.05) is 9.80 Å². The van der Waals surface area contributed by atoms with Gasteiger partial charge in [-0.1, -0.05) is 24.3 Å². The molecule has 0 unspecified atom stereocenters. The van der Waals surface area contributed by atoms with Crippen LogP contribution >= 0.6 is 0 Å². The van der Waals surface area contributed by atoms with E-state index in [0.29, 0.717) is 11.4 Å². The topological polar surface area (TPSA) is 152 Å². The molecular weight excluding hydrogens is 555 g/mol. The van der Waals surface area contributed by atoms with Crippen LogP contribution in [-0.4, -0.2) is 41.2 Å². The number of para-hydroxylation sites is 1. The number of amides is 4. The molecule has 2 fully saturated rings. The number of carbonyl (C=O) groups excluding carboxylic acids is 4. The third-order valence-corrected chi connectivity index (χ3v) is 7.27. The third kappa shape index (κ3) is 5.76. The van der Waals surface area contributed by atoms with E-state index in [1.54, 1.807) is 12.1 Å². The van der Waals surface area contributed by atoms with Crippen molar-refractivity contribution < 1.29 is 57.9 Å². The van der Waals surface area contributed by atoms with E-state index in [9.17, 15) is 19.2 Å². The summed E-state index contributed by atoms with van der Waals surface area (Å²) in [6.07, 6.45) is 0.604. The van der Waals surface area contributed by atoms with E-state index in [2.05, 4.69) is 0 Å². The summed E-state index contributed by atoms with van der Waals surface area (Å²) in [7, 11) is -4.92. The van der Waals surface area contributed by atoms with Crippen LogP contribution < -0.4 is 31.0 Å². The molecule has 10 nitrogen and oxygen atoms in total. The van der Waals surface area contributed by atoms with E-state index < -0.39 is 31.6 Å². The Kier molecular flexibility index (Phi) is 7.38. The zero-order chi connectivity index (χ0) is 23.5. The summed E-state index contributed by atoms with van der Waals surface area (Å²) in [6.45, 7) is 0. The van der Waals surface area contributed by atoms with Crippen LogP contribution in [0.2, 0.25) is 0 Å². The Morgan fingerprint density at radius 2 is 1.22 bits per heavy atom. The number of halogens is 1. The van der Waals surface area contributed by atoms with Gasteiger partial charge in [0.05, 0.1) is 5.69 Å². The Bertz CT molecular complexity index is 1140. The normalized spacial score (nSPS) is 16.4. The molecule has 0 radical (unpaired) electrons. The maximum Gasteiger partial charge on any atom is 0.360 e. The lowest BCUT2D eigenvalue weighted by Gasteiger charge is -2.22. The van der Waals surface area contributed by atoms with Gasteiger partial charge in [0.15, 0.2) is 3.57 Å². The van der Waals surface area contributed by atoms with Gasteiger partial charge in [0, 0.05) is 25.7 Å². The lowest BCUT2D eigenvalue weighted by Crippen LogP contribution is -3.61. The van der Waals surface area contributed by atoms with Gasteiger partial charge in [0.2, 0.25) is 37.6 Å². The minimum atomic E-state index is -4.92. The Labute approximate surface area is 194 Å². The summed E-state index contributed by atoms with van der Waals surface area (Å²) in [5.41, 5.74) is 0.754. The minimum absolute atomic E-state index is 0.151. The first-order valence-corrected chi connectivity index (χ1v) is 12.8. The standard InChI is InChI=1S/C20H16IN2O4.H2O4S/c24-16-9-10-17(25)22(16)15-8-4-7-14(21-13-5-2-1-3-6-13)20(15)23-18(26)11-12-19(23)27;1-5(2,3)4/h1-8H,9-12H2;(H2,1,2,3,4)/q+1;/p-1. The number of imide groups is 2. The van der Waals surface area contributed by atoms with Crippen LogP contribution in [0.4, 0.5) is 11.4 Å². The molecule has 4 amide bonds. The van der Waals surface area contributed by atoms with E-state index in [1.807, 2.05) is 36.4 Å². The van der Waals surface area contributed by atoms with Gasteiger partial charge in [-0.3, -0.25) is 23.7 Å². The molecule has 2 aliphatic heterocycles. The van der Waals surface area contributed by atoms with Crippen molar-refractivity contribution in [2.24, 2.45) is 0 Å². The highest BCUT2D eigenvalue weighted by atomic mass is 127. The largest absolute Gasteiger partial charge is 0.726 e. The first-order chi connectivity index (χ1) is 15.1. The summed E-state index contributed by atoms with van der Waals surface area (Å²) in [5.74, 6) is -1.17. The van der Waals surface area contributed by atoms with Gasteiger partial charge in [-0.25, -0.2) is 18.2 Å². The van der Waals surface area contributed by atoms with Gasteiger partial charge in [-0.2, -0.15) is 0 Å². The maximum absolute atomic E-state index is 12.4. The molecule has 0 bridgehead atoms. The van der Waals surface area contributed by atoms with Crippen LogP contribution in [-0.2, 0) is 29.6 Å². The molecule has 12 heteroatoms. The predicted octanol–water partition coefficient (Wildman–Crippen LogP) is -1.87. The van der Waals surface area contributed by atoms with Crippen molar-refractivity contribution in [3.8, 4) is 0 Å². The van der Waals surface area contributed by atoms with Gasteiger partial charge in [-0.05, 0) is 24.3 Å². The molecule has 0 spiro atoms. The zero-order valence-electron chi connectivity index (χ0n) is 16.4. The molecule has 0 aromatic heterocycles. The highest BCUT2D eigenvalue weighted by Gasteiger charge is 2.41. The highest BCUT2D eigenvalue weighted by molar-refractivity contribution is 7.79. The summed E-state index contributed by atoms with van der Waals surface area (Å²) in [6, 6.07) is 15.1. The SMILES string of the molecule is O=C1CCC(=O)N1c1cccc([I+]c2ccccc2)c1N1C(=O)CCC1=O.O=S(=O)([O-])O. The first-order valence-electron chi connectivity index (χ1n) is 9.29. The molecule has 0 saturated carbocycles. The van der Waals surface area contributed by atoms with Crippen LogP contribution in [0.1, 0.15) is 25.7 Å². The Morgan fingerprint density at radius 3 is 1.72 bits per heavy atom. The molecule has 0 atom stereocenters. The van der Waals surface area contributed by atoms with E-state index in [0.717, 1.165) is 12.0 Å². The van der Waals surface area contributed by atoms with Gasteiger partial charge >= 0.3 is 21.2 Å². The maximum atomic E-state index is 12.4. The zero-order valence-corrected chi connectivity index (χ0v) is 19.4. The highest BCUT2D eigenvalue weighted by Crippen LogP contribution is 2.35. The summed E-state index contributed by atoms with van der Waals surface area (Å²) in [4.78, 5) is 51.8. The number of carbonyl (C=O) groups is 4. The fourth-order valence-electron chi connectivity index (χ4n) is 3.25. The van der Waals surface area contributed by atoms with Crippen LogP contribution in [0.25, 0.3) is 0 Å². The lowest BCUT2D eigenvalue weighted by atomic mass is 10.2. The molecule has 2 heterocycles. The second-order valence-electron chi connectivity index (χ2n) is 6.67. The average molecular weight is 572 g/mol. The summed E-state index contributed by atoms with van der Waals surface area (Å²) >= 11 is -0.707. The predicted molar refractivity (Wildman–Crippen MR) is 106 cm³/mol. The minimum Gasteiger partial charge on any atom is -0.726 e.